The molecule has 0 aliphatic heterocycles. The number of hydrogen-bond acceptors (Lipinski definition) is 4. The first kappa shape index (κ1) is 20.9. The van der Waals surface area contributed by atoms with E-state index in [4.69, 9.17) is 4.74 Å². The summed E-state index contributed by atoms with van der Waals surface area (Å²) in [5.74, 6) is 0.586. The van der Waals surface area contributed by atoms with Gasteiger partial charge in [0.05, 0.1) is 4.90 Å². The number of ether oxygens (including phenoxy) is 1. The van der Waals surface area contributed by atoms with Crippen molar-refractivity contribution in [1.29, 1.82) is 0 Å². The van der Waals surface area contributed by atoms with Crippen molar-refractivity contribution in [3.63, 3.8) is 0 Å². The Bertz CT molecular complexity index is 834. The maximum atomic E-state index is 12.4. The fourth-order valence-corrected chi connectivity index (χ4v) is 3.28. The number of sulfonamides is 1. The van der Waals surface area contributed by atoms with Crippen LogP contribution >= 0.6 is 0 Å². The number of carbonyl (C=O) groups is 1. The highest BCUT2D eigenvalue weighted by Crippen LogP contribution is 2.17. The van der Waals surface area contributed by atoms with Crippen LogP contribution in [0.4, 0.5) is 0 Å². The minimum atomic E-state index is -3.62. The van der Waals surface area contributed by atoms with Crippen LogP contribution in [0.2, 0.25) is 0 Å². The molecule has 1 atom stereocenters. The molecule has 0 saturated carbocycles. The lowest BCUT2D eigenvalue weighted by Crippen LogP contribution is -2.38. The van der Waals surface area contributed by atoms with E-state index < -0.39 is 16.1 Å². The smallest absolute Gasteiger partial charge is 0.260 e. The number of hydrogen-bond donors (Lipinski definition) is 2. The molecule has 0 aromatic heterocycles. The monoisotopic (exact) mass is 390 g/mol. The topological polar surface area (TPSA) is 84.5 Å². The summed E-state index contributed by atoms with van der Waals surface area (Å²) in [7, 11) is -3.62. The Balaban J connectivity index is 1.94. The van der Waals surface area contributed by atoms with Gasteiger partial charge in [-0.05, 0) is 42.7 Å². The Kier molecular flexibility index (Phi) is 7.38. The molecule has 0 bridgehead atoms. The van der Waals surface area contributed by atoms with Gasteiger partial charge >= 0.3 is 0 Å². The molecule has 0 saturated heterocycles. The van der Waals surface area contributed by atoms with Crippen molar-refractivity contribution in [3.05, 3.63) is 60.2 Å². The minimum absolute atomic E-state index is 0.141. The van der Waals surface area contributed by atoms with Crippen LogP contribution in [-0.2, 0) is 21.4 Å². The van der Waals surface area contributed by atoms with Crippen LogP contribution in [0.3, 0.4) is 0 Å². The van der Waals surface area contributed by atoms with Gasteiger partial charge in [-0.25, -0.2) is 13.1 Å². The first-order valence-electron chi connectivity index (χ1n) is 8.86. The first-order chi connectivity index (χ1) is 12.8. The van der Waals surface area contributed by atoms with Crippen molar-refractivity contribution < 1.29 is 17.9 Å². The van der Waals surface area contributed by atoms with Crippen molar-refractivity contribution in [3.8, 4) is 5.75 Å². The second-order valence-electron chi connectivity index (χ2n) is 6.68. The molecule has 0 fully saturated rings. The van der Waals surface area contributed by atoms with Gasteiger partial charge in [0.15, 0.2) is 6.10 Å². The van der Waals surface area contributed by atoms with Gasteiger partial charge in [-0.2, -0.15) is 0 Å². The fraction of sp³-hybridized carbons (Fsp3) is 0.350. The van der Waals surface area contributed by atoms with Crippen molar-refractivity contribution in [2.75, 3.05) is 6.54 Å². The van der Waals surface area contributed by atoms with Crippen LogP contribution in [0.25, 0.3) is 0 Å². The van der Waals surface area contributed by atoms with Crippen LogP contribution < -0.4 is 14.8 Å². The standard InChI is InChI=1S/C20H26N2O4S/c1-15(2)13-21-20(23)16(3)26-18-9-11-19(12-10-18)27(24,25)22-14-17-7-5-4-6-8-17/h4-12,15-16,22H,13-14H2,1-3H3,(H,21,23)/t16-/m1/s1. The van der Waals surface area contributed by atoms with Gasteiger partial charge in [0.2, 0.25) is 10.0 Å². The zero-order chi connectivity index (χ0) is 19.9. The molecule has 1 amide bonds. The summed E-state index contributed by atoms with van der Waals surface area (Å²) in [6.07, 6.45) is -0.664. The molecule has 146 valence electrons. The van der Waals surface area contributed by atoms with Gasteiger partial charge in [0.25, 0.3) is 5.91 Å². The summed E-state index contributed by atoms with van der Waals surface area (Å²) in [4.78, 5) is 12.1. The largest absolute Gasteiger partial charge is 0.481 e. The molecule has 7 heteroatoms. The minimum Gasteiger partial charge on any atom is -0.481 e. The number of nitrogens with one attached hydrogen (secondary N) is 2. The Morgan fingerprint density at radius 1 is 1.00 bits per heavy atom. The molecular weight excluding hydrogens is 364 g/mol. The fourth-order valence-electron chi connectivity index (χ4n) is 2.26. The van der Waals surface area contributed by atoms with Crippen LogP contribution in [0.5, 0.6) is 5.75 Å². The summed E-state index contributed by atoms with van der Waals surface area (Å²) < 4.78 is 32.9. The van der Waals surface area contributed by atoms with E-state index in [1.165, 1.54) is 12.1 Å². The third-order valence-electron chi connectivity index (χ3n) is 3.81. The molecule has 2 aromatic carbocycles. The molecule has 2 aromatic rings. The Hall–Kier alpha value is -2.38. The van der Waals surface area contributed by atoms with Crippen LogP contribution in [-0.4, -0.2) is 27.0 Å². The molecule has 6 nitrogen and oxygen atoms in total. The molecule has 27 heavy (non-hydrogen) atoms. The second kappa shape index (κ2) is 9.53. The average Bonchev–Trinajstić information content (AvgIpc) is 2.65. The predicted octanol–water partition coefficient (Wildman–Crippen LogP) is 2.70. The second-order valence-corrected chi connectivity index (χ2v) is 8.45. The van der Waals surface area contributed by atoms with Crippen molar-refractivity contribution >= 4 is 15.9 Å². The van der Waals surface area contributed by atoms with Crippen molar-refractivity contribution in [2.24, 2.45) is 5.92 Å². The molecule has 0 aliphatic carbocycles. The van der Waals surface area contributed by atoms with Gasteiger partial charge in [-0.3, -0.25) is 4.79 Å². The molecule has 2 rings (SSSR count). The summed E-state index contributed by atoms with van der Waals surface area (Å²) in [6, 6.07) is 15.3. The van der Waals surface area contributed by atoms with Crippen LogP contribution in [0.15, 0.2) is 59.5 Å². The Labute approximate surface area is 161 Å². The summed E-state index contributed by atoms with van der Waals surface area (Å²) in [5, 5.41) is 2.80. The van der Waals surface area contributed by atoms with Crippen LogP contribution in [0, 0.1) is 5.92 Å². The third kappa shape index (κ3) is 6.69. The van der Waals surface area contributed by atoms with Gasteiger partial charge < -0.3 is 10.1 Å². The summed E-state index contributed by atoms with van der Waals surface area (Å²) in [5.41, 5.74) is 0.877. The van der Waals surface area contributed by atoms with E-state index in [1.54, 1.807) is 19.1 Å². The molecule has 0 spiro atoms. The third-order valence-corrected chi connectivity index (χ3v) is 5.23. The van der Waals surface area contributed by atoms with E-state index in [1.807, 2.05) is 44.2 Å². The lowest BCUT2D eigenvalue weighted by atomic mass is 10.2. The quantitative estimate of drug-likeness (QED) is 0.689. The van der Waals surface area contributed by atoms with Crippen molar-refractivity contribution in [1.82, 2.24) is 10.0 Å². The Morgan fingerprint density at radius 3 is 2.22 bits per heavy atom. The average molecular weight is 391 g/mol. The van der Waals surface area contributed by atoms with E-state index in [-0.39, 0.29) is 17.3 Å². The number of rotatable bonds is 9. The Morgan fingerprint density at radius 2 is 1.63 bits per heavy atom. The maximum Gasteiger partial charge on any atom is 0.260 e. The lowest BCUT2D eigenvalue weighted by Gasteiger charge is -2.16. The van der Waals surface area contributed by atoms with E-state index in [0.717, 1.165) is 5.56 Å². The highest BCUT2D eigenvalue weighted by Gasteiger charge is 2.17. The SMILES string of the molecule is CC(C)CNC(=O)[C@@H](C)Oc1ccc(S(=O)(=O)NCc2ccccc2)cc1. The molecule has 0 radical (unpaired) electrons. The number of amides is 1. The van der Waals surface area contributed by atoms with Crippen molar-refractivity contribution in [2.45, 2.75) is 38.3 Å². The van der Waals surface area contributed by atoms with E-state index in [2.05, 4.69) is 10.0 Å². The molecular formula is C20H26N2O4S. The summed E-state index contributed by atoms with van der Waals surface area (Å²) in [6.45, 7) is 6.47. The lowest BCUT2D eigenvalue weighted by molar-refractivity contribution is -0.127. The van der Waals surface area contributed by atoms with Crippen LogP contribution in [0.1, 0.15) is 26.3 Å². The molecule has 0 heterocycles. The molecule has 0 unspecified atom stereocenters. The predicted molar refractivity (Wildman–Crippen MR) is 105 cm³/mol. The normalized spacial score (nSPS) is 12.6. The van der Waals surface area contributed by atoms with Gasteiger partial charge in [-0.1, -0.05) is 44.2 Å². The van der Waals surface area contributed by atoms with Gasteiger partial charge in [0.1, 0.15) is 5.75 Å². The number of carbonyl (C=O) groups excluding carboxylic acids is 1. The zero-order valence-corrected chi connectivity index (χ0v) is 16.6. The van der Waals surface area contributed by atoms with Gasteiger partial charge in [-0.15, -0.1) is 0 Å². The maximum absolute atomic E-state index is 12.4. The van der Waals surface area contributed by atoms with Gasteiger partial charge in [0, 0.05) is 13.1 Å². The van der Waals surface area contributed by atoms with E-state index in [0.29, 0.717) is 18.2 Å². The zero-order valence-electron chi connectivity index (χ0n) is 15.8. The molecule has 0 aliphatic rings. The highest BCUT2D eigenvalue weighted by molar-refractivity contribution is 7.89. The highest BCUT2D eigenvalue weighted by atomic mass is 32.2. The summed E-state index contributed by atoms with van der Waals surface area (Å²) >= 11 is 0. The van der Waals surface area contributed by atoms with E-state index in [9.17, 15) is 13.2 Å². The van der Waals surface area contributed by atoms with E-state index >= 15 is 0 Å². The first-order valence-corrected chi connectivity index (χ1v) is 10.3. The number of benzene rings is 2. The molecule has 2 N–H and O–H groups in total.